The van der Waals surface area contributed by atoms with Gasteiger partial charge in [0.05, 0.1) is 21.2 Å². The Morgan fingerprint density at radius 3 is 2.06 bits per heavy atom. The van der Waals surface area contributed by atoms with Gasteiger partial charge in [0.25, 0.3) is 25.9 Å². The minimum atomic E-state index is -4.95. The zero-order valence-electron chi connectivity index (χ0n) is 15.1. The Labute approximate surface area is 174 Å². The zero-order chi connectivity index (χ0) is 23.1. The van der Waals surface area contributed by atoms with E-state index in [9.17, 15) is 41.2 Å². The number of nitro groups is 1. The van der Waals surface area contributed by atoms with Crippen LogP contribution in [-0.2, 0) is 20.2 Å². The third kappa shape index (κ3) is 4.43. The molecule has 13 nitrogen and oxygen atoms in total. The summed E-state index contributed by atoms with van der Waals surface area (Å²) in [6.45, 7) is 0. The summed E-state index contributed by atoms with van der Waals surface area (Å²) in [4.78, 5) is 8.47. The SMILES string of the molecule is Nc1c(N=Nc2ccc([N+](=O)[O-])cc2)c(S(=O)(=O)O)cc2cc(S(=O)(=O)O)cc(O)c12. The molecule has 0 aromatic heterocycles. The number of nitrogens with two attached hydrogens (primary N) is 1. The maximum absolute atomic E-state index is 11.8. The van der Waals surface area contributed by atoms with Crippen LogP contribution in [0, 0.1) is 10.1 Å². The zero-order valence-corrected chi connectivity index (χ0v) is 16.7. The van der Waals surface area contributed by atoms with Crippen molar-refractivity contribution in [1.82, 2.24) is 0 Å². The fraction of sp³-hybridized carbons (Fsp3) is 0. The van der Waals surface area contributed by atoms with Crippen LogP contribution >= 0.6 is 0 Å². The van der Waals surface area contributed by atoms with Crippen molar-refractivity contribution < 1.29 is 36.0 Å². The molecule has 0 saturated heterocycles. The molecule has 0 heterocycles. The lowest BCUT2D eigenvalue weighted by Gasteiger charge is -2.12. The summed E-state index contributed by atoms with van der Waals surface area (Å²) in [5, 5.41) is 27.9. The van der Waals surface area contributed by atoms with E-state index < -0.39 is 52.1 Å². The number of non-ortho nitro benzene ring substituents is 1. The summed E-state index contributed by atoms with van der Waals surface area (Å²) in [5.74, 6) is -0.712. The van der Waals surface area contributed by atoms with Crippen molar-refractivity contribution in [3.05, 3.63) is 52.6 Å². The Morgan fingerprint density at radius 1 is 0.935 bits per heavy atom. The molecule has 5 N–H and O–H groups in total. The molecule has 3 aromatic carbocycles. The van der Waals surface area contributed by atoms with Gasteiger partial charge in [0.15, 0.2) is 0 Å². The number of nitro benzene ring substituents is 1. The molecule has 0 unspecified atom stereocenters. The number of hydrogen-bond acceptors (Lipinski definition) is 10. The van der Waals surface area contributed by atoms with Crippen molar-refractivity contribution in [2.24, 2.45) is 10.2 Å². The van der Waals surface area contributed by atoms with Crippen LogP contribution in [0.2, 0.25) is 0 Å². The molecule has 3 rings (SSSR count). The summed E-state index contributed by atoms with van der Waals surface area (Å²) < 4.78 is 65.1. The van der Waals surface area contributed by atoms with E-state index in [0.29, 0.717) is 6.07 Å². The highest BCUT2D eigenvalue weighted by Gasteiger charge is 2.24. The van der Waals surface area contributed by atoms with E-state index in [4.69, 9.17) is 5.73 Å². The Kier molecular flexibility index (Phi) is 5.36. The third-order valence-electron chi connectivity index (χ3n) is 4.07. The minimum Gasteiger partial charge on any atom is -0.507 e. The first kappa shape index (κ1) is 22.0. The van der Waals surface area contributed by atoms with Gasteiger partial charge in [-0.25, -0.2) is 0 Å². The summed E-state index contributed by atoms with van der Waals surface area (Å²) in [5.41, 5.74) is 4.75. The second kappa shape index (κ2) is 7.55. The summed E-state index contributed by atoms with van der Waals surface area (Å²) in [7, 11) is -9.69. The molecule has 0 amide bonds. The first-order valence-electron chi connectivity index (χ1n) is 7.99. The van der Waals surface area contributed by atoms with E-state index in [1.165, 1.54) is 12.1 Å². The molecule has 0 aliphatic carbocycles. The van der Waals surface area contributed by atoms with Crippen LogP contribution in [0.25, 0.3) is 10.8 Å². The van der Waals surface area contributed by atoms with Gasteiger partial charge < -0.3 is 10.8 Å². The average molecular weight is 468 g/mol. The predicted octanol–water partition coefficient (Wildman–Crippen LogP) is 2.94. The Bertz CT molecular complexity index is 1470. The van der Waals surface area contributed by atoms with Gasteiger partial charge in [-0.2, -0.15) is 21.9 Å². The largest absolute Gasteiger partial charge is 0.507 e. The van der Waals surface area contributed by atoms with Crippen LogP contribution in [0.3, 0.4) is 0 Å². The molecule has 0 fully saturated rings. The molecule has 0 saturated carbocycles. The molecule has 162 valence electrons. The average Bonchev–Trinajstić information content (AvgIpc) is 2.65. The normalized spacial score (nSPS) is 12.5. The second-order valence-corrected chi connectivity index (χ2v) is 8.91. The Hall–Kier alpha value is -3.66. The van der Waals surface area contributed by atoms with Crippen LogP contribution < -0.4 is 5.73 Å². The smallest absolute Gasteiger partial charge is 0.296 e. The number of rotatable bonds is 5. The predicted molar refractivity (Wildman–Crippen MR) is 107 cm³/mol. The first-order chi connectivity index (χ1) is 14.3. The van der Waals surface area contributed by atoms with Gasteiger partial charge in [-0.3, -0.25) is 19.2 Å². The summed E-state index contributed by atoms with van der Waals surface area (Å²) in [6.07, 6.45) is 0. The standard InChI is InChI=1S/C16H12N4O9S2/c17-15-14-8(5-11(7-12(14)21)30(24,25)26)6-13(31(27,28)29)16(15)19-18-9-1-3-10(4-2-9)20(22)23/h1-7,21H,17H2,(H,24,25,26)(H,27,28,29). The first-order valence-corrected chi connectivity index (χ1v) is 10.9. The molecule has 0 bridgehead atoms. The maximum Gasteiger partial charge on any atom is 0.296 e. The molecule has 0 aliphatic heterocycles. The lowest BCUT2D eigenvalue weighted by molar-refractivity contribution is -0.384. The highest BCUT2D eigenvalue weighted by Crippen LogP contribution is 2.43. The van der Waals surface area contributed by atoms with Crippen LogP contribution in [-0.4, -0.2) is 36.0 Å². The van der Waals surface area contributed by atoms with Crippen molar-refractivity contribution in [2.45, 2.75) is 9.79 Å². The second-order valence-electron chi connectivity index (χ2n) is 6.10. The Balaban J connectivity index is 2.26. The minimum absolute atomic E-state index is 0.0809. The van der Waals surface area contributed by atoms with Crippen molar-refractivity contribution >= 4 is 53.8 Å². The Morgan fingerprint density at radius 2 is 1.55 bits per heavy atom. The number of phenols is 1. The van der Waals surface area contributed by atoms with Crippen molar-refractivity contribution in [1.29, 1.82) is 0 Å². The molecule has 0 radical (unpaired) electrons. The molecule has 31 heavy (non-hydrogen) atoms. The van der Waals surface area contributed by atoms with E-state index in [-0.39, 0.29) is 22.1 Å². The van der Waals surface area contributed by atoms with Crippen LogP contribution in [0.15, 0.2) is 62.5 Å². The number of anilines is 1. The number of fused-ring (bicyclic) bond motifs is 1. The van der Waals surface area contributed by atoms with E-state index in [1.54, 1.807) is 0 Å². The van der Waals surface area contributed by atoms with Gasteiger partial charge in [0, 0.05) is 23.6 Å². The number of aromatic hydroxyl groups is 1. The fourth-order valence-corrected chi connectivity index (χ4v) is 3.89. The lowest BCUT2D eigenvalue weighted by Crippen LogP contribution is -2.03. The lowest BCUT2D eigenvalue weighted by atomic mass is 10.1. The topological polar surface area (TPSA) is 223 Å². The molecule has 0 aliphatic rings. The number of hydrogen-bond donors (Lipinski definition) is 4. The molecular weight excluding hydrogens is 456 g/mol. The maximum atomic E-state index is 11.8. The van der Waals surface area contributed by atoms with Gasteiger partial charge in [-0.05, 0) is 29.7 Å². The highest BCUT2D eigenvalue weighted by atomic mass is 32.2. The van der Waals surface area contributed by atoms with E-state index in [1.807, 2.05) is 0 Å². The van der Waals surface area contributed by atoms with Gasteiger partial charge >= 0.3 is 0 Å². The van der Waals surface area contributed by atoms with Crippen molar-refractivity contribution in [3.8, 4) is 5.75 Å². The number of azo groups is 1. The quantitative estimate of drug-likeness (QED) is 0.141. The van der Waals surface area contributed by atoms with Crippen molar-refractivity contribution in [2.75, 3.05) is 5.73 Å². The van der Waals surface area contributed by atoms with Crippen LogP contribution in [0.4, 0.5) is 22.7 Å². The van der Waals surface area contributed by atoms with Gasteiger partial charge in [-0.15, -0.1) is 5.11 Å². The summed E-state index contributed by atoms with van der Waals surface area (Å²) in [6, 6.07) is 7.03. The van der Waals surface area contributed by atoms with E-state index in [2.05, 4.69) is 10.2 Å². The highest BCUT2D eigenvalue weighted by molar-refractivity contribution is 7.86. The molecular formula is C16H12N4O9S2. The van der Waals surface area contributed by atoms with Crippen molar-refractivity contribution in [3.63, 3.8) is 0 Å². The number of benzene rings is 3. The van der Waals surface area contributed by atoms with E-state index in [0.717, 1.165) is 24.3 Å². The molecule has 15 heteroatoms. The fourth-order valence-electron chi connectivity index (χ4n) is 2.69. The number of nitrogen functional groups attached to an aromatic ring is 1. The van der Waals surface area contributed by atoms with Crippen LogP contribution in [0.5, 0.6) is 5.75 Å². The summed E-state index contributed by atoms with van der Waals surface area (Å²) >= 11 is 0. The van der Waals surface area contributed by atoms with Gasteiger partial charge in [0.2, 0.25) is 0 Å². The van der Waals surface area contributed by atoms with Gasteiger partial charge in [0.1, 0.15) is 16.3 Å². The van der Waals surface area contributed by atoms with Crippen LogP contribution in [0.1, 0.15) is 0 Å². The molecule has 3 aromatic rings. The van der Waals surface area contributed by atoms with E-state index >= 15 is 0 Å². The third-order valence-corrected chi connectivity index (χ3v) is 5.77. The number of phenolic OH excluding ortho intramolecular Hbond substituents is 1. The monoisotopic (exact) mass is 468 g/mol. The van der Waals surface area contributed by atoms with Gasteiger partial charge in [-0.1, -0.05) is 0 Å². The molecule has 0 spiro atoms. The number of nitrogens with zero attached hydrogens (tertiary/aromatic N) is 3. The molecule has 0 atom stereocenters.